The predicted octanol–water partition coefficient (Wildman–Crippen LogP) is 1.30. The molecule has 4 rings (SSSR count). The molecule has 0 bridgehead atoms. The largest absolute Gasteiger partial charge is 0.353 e. The van der Waals surface area contributed by atoms with Gasteiger partial charge >= 0.3 is 0 Å². The highest BCUT2D eigenvalue weighted by atomic mass is 16.1. The molecule has 0 spiro atoms. The SMILES string of the molecule is CN1CCN(c2ccc3ncc(C(=O)Cc4cccnc4)n3n2)CC1. The van der Waals surface area contributed by atoms with Crippen LogP contribution in [0.15, 0.2) is 42.9 Å². The van der Waals surface area contributed by atoms with Crippen molar-refractivity contribution in [3.63, 3.8) is 0 Å². The molecule has 0 atom stereocenters. The first-order valence-electron chi connectivity index (χ1n) is 8.41. The van der Waals surface area contributed by atoms with E-state index < -0.39 is 0 Å². The molecule has 0 saturated carbocycles. The first kappa shape index (κ1) is 15.7. The molecule has 4 heterocycles. The number of carbonyl (C=O) groups is 1. The molecule has 1 aliphatic heterocycles. The highest BCUT2D eigenvalue weighted by molar-refractivity contribution is 5.96. The smallest absolute Gasteiger partial charge is 0.187 e. The summed E-state index contributed by atoms with van der Waals surface area (Å²) < 4.78 is 1.66. The maximum atomic E-state index is 12.7. The number of piperazine rings is 1. The molecule has 0 radical (unpaired) electrons. The molecule has 7 nitrogen and oxygen atoms in total. The van der Waals surface area contributed by atoms with Gasteiger partial charge in [-0.1, -0.05) is 6.07 Å². The maximum absolute atomic E-state index is 12.7. The Bertz CT molecular complexity index is 883. The Morgan fingerprint density at radius 3 is 2.72 bits per heavy atom. The molecule has 25 heavy (non-hydrogen) atoms. The molecule has 0 unspecified atom stereocenters. The third-order valence-corrected chi connectivity index (χ3v) is 4.55. The summed E-state index contributed by atoms with van der Waals surface area (Å²) >= 11 is 0. The standard InChI is InChI=1S/C18H20N6O/c1-22-7-9-23(10-8-22)18-5-4-17-20-13-15(24(17)21-18)16(25)11-14-3-2-6-19-12-14/h2-6,12-13H,7-11H2,1H3. The van der Waals surface area contributed by atoms with Crippen molar-refractivity contribution < 1.29 is 4.79 Å². The van der Waals surface area contributed by atoms with E-state index >= 15 is 0 Å². The zero-order chi connectivity index (χ0) is 17.2. The van der Waals surface area contributed by atoms with E-state index in [0.29, 0.717) is 17.8 Å². The van der Waals surface area contributed by atoms with Gasteiger partial charge in [-0.25, -0.2) is 9.50 Å². The number of ketones is 1. The second-order valence-electron chi connectivity index (χ2n) is 6.36. The van der Waals surface area contributed by atoms with E-state index in [-0.39, 0.29) is 5.78 Å². The van der Waals surface area contributed by atoms with Crippen LogP contribution in [0.1, 0.15) is 16.1 Å². The molecule has 1 aliphatic rings. The van der Waals surface area contributed by atoms with Crippen LogP contribution in [0.3, 0.4) is 0 Å². The lowest BCUT2D eigenvalue weighted by Gasteiger charge is -2.33. The number of rotatable bonds is 4. The van der Waals surface area contributed by atoms with Gasteiger partial charge < -0.3 is 9.80 Å². The number of carbonyl (C=O) groups excluding carboxylic acids is 1. The fourth-order valence-corrected chi connectivity index (χ4v) is 3.04. The van der Waals surface area contributed by atoms with Crippen molar-refractivity contribution in [2.24, 2.45) is 0 Å². The number of pyridine rings is 1. The summed E-state index contributed by atoms with van der Waals surface area (Å²) in [4.78, 5) is 25.6. The lowest BCUT2D eigenvalue weighted by atomic mass is 10.1. The Labute approximate surface area is 145 Å². The van der Waals surface area contributed by atoms with Gasteiger partial charge in [-0.3, -0.25) is 9.78 Å². The number of fused-ring (bicyclic) bond motifs is 1. The molecule has 0 aromatic carbocycles. The molecule has 0 N–H and O–H groups in total. The van der Waals surface area contributed by atoms with Crippen LogP contribution in [0.4, 0.5) is 5.82 Å². The van der Waals surface area contributed by atoms with Gasteiger partial charge in [-0.15, -0.1) is 5.10 Å². The van der Waals surface area contributed by atoms with E-state index in [1.165, 1.54) is 0 Å². The molecule has 1 saturated heterocycles. The Balaban J connectivity index is 1.61. The van der Waals surface area contributed by atoms with Crippen molar-refractivity contribution >= 4 is 17.2 Å². The summed E-state index contributed by atoms with van der Waals surface area (Å²) in [6.45, 7) is 3.89. The Morgan fingerprint density at radius 1 is 1.12 bits per heavy atom. The average molecular weight is 336 g/mol. The molecule has 7 heteroatoms. The van der Waals surface area contributed by atoms with Gasteiger partial charge in [0, 0.05) is 45.0 Å². The number of imidazole rings is 1. The lowest BCUT2D eigenvalue weighted by Crippen LogP contribution is -2.45. The van der Waals surface area contributed by atoms with Crippen molar-refractivity contribution in [3.05, 3.63) is 54.1 Å². The second kappa shape index (κ2) is 6.60. The van der Waals surface area contributed by atoms with Crippen molar-refractivity contribution in [3.8, 4) is 0 Å². The van der Waals surface area contributed by atoms with E-state index in [1.807, 2.05) is 24.3 Å². The molecule has 3 aromatic rings. The first-order valence-corrected chi connectivity index (χ1v) is 8.41. The number of Topliss-reactive ketones (excluding diaryl/α,β-unsaturated/α-hetero) is 1. The molecule has 0 aliphatic carbocycles. The Kier molecular flexibility index (Phi) is 4.15. The number of likely N-dealkylation sites (N-methyl/N-ethyl adjacent to an activating group) is 1. The van der Waals surface area contributed by atoms with Crippen LogP contribution >= 0.6 is 0 Å². The van der Waals surface area contributed by atoms with Crippen molar-refractivity contribution in [1.29, 1.82) is 0 Å². The van der Waals surface area contributed by atoms with Crippen LogP contribution in [0.25, 0.3) is 5.65 Å². The van der Waals surface area contributed by atoms with E-state index in [4.69, 9.17) is 0 Å². The first-order chi connectivity index (χ1) is 12.2. The second-order valence-corrected chi connectivity index (χ2v) is 6.36. The van der Waals surface area contributed by atoms with Crippen molar-refractivity contribution in [2.75, 3.05) is 38.1 Å². The number of nitrogens with zero attached hydrogens (tertiary/aromatic N) is 6. The Hall–Kier alpha value is -2.80. The zero-order valence-electron chi connectivity index (χ0n) is 14.2. The fraction of sp³-hybridized carbons (Fsp3) is 0.333. The van der Waals surface area contributed by atoms with Gasteiger partial charge in [0.15, 0.2) is 11.4 Å². The molecular weight excluding hydrogens is 316 g/mol. The van der Waals surface area contributed by atoms with Gasteiger partial charge in [0.1, 0.15) is 11.5 Å². The minimum atomic E-state index is -0.0106. The van der Waals surface area contributed by atoms with Crippen LogP contribution in [-0.4, -0.2) is 63.5 Å². The predicted molar refractivity (Wildman–Crippen MR) is 95.0 cm³/mol. The topological polar surface area (TPSA) is 66.6 Å². The summed E-state index contributed by atoms with van der Waals surface area (Å²) in [5, 5.41) is 4.67. The van der Waals surface area contributed by atoms with E-state index in [0.717, 1.165) is 37.6 Å². The quantitative estimate of drug-likeness (QED) is 0.669. The van der Waals surface area contributed by atoms with Gasteiger partial charge in [-0.2, -0.15) is 0 Å². The summed E-state index contributed by atoms with van der Waals surface area (Å²) in [5.41, 5.74) is 2.08. The van der Waals surface area contributed by atoms with E-state index in [1.54, 1.807) is 23.1 Å². The normalized spacial score (nSPS) is 15.6. The van der Waals surface area contributed by atoms with E-state index in [9.17, 15) is 4.79 Å². The zero-order valence-corrected chi connectivity index (χ0v) is 14.2. The number of hydrogen-bond acceptors (Lipinski definition) is 6. The molecule has 3 aromatic heterocycles. The maximum Gasteiger partial charge on any atom is 0.187 e. The summed E-state index contributed by atoms with van der Waals surface area (Å²) in [5.74, 6) is 0.873. The third kappa shape index (κ3) is 3.23. The van der Waals surface area contributed by atoms with Crippen LogP contribution in [0.5, 0.6) is 0 Å². The van der Waals surface area contributed by atoms with Gasteiger partial charge in [0.25, 0.3) is 0 Å². The highest BCUT2D eigenvalue weighted by Gasteiger charge is 2.18. The number of hydrogen-bond donors (Lipinski definition) is 0. The van der Waals surface area contributed by atoms with Crippen LogP contribution < -0.4 is 4.90 Å². The summed E-state index contributed by atoms with van der Waals surface area (Å²) in [6, 6.07) is 7.63. The van der Waals surface area contributed by atoms with E-state index in [2.05, 4.69) is 31.9 Å². The molecule has 128 valence electrons. The minimum absolute atomic E-state index is 0.0106. The van der Waals surface area contributed by atoms with Crippen LogP contribution in [0.2, 0.25) is 0 Å². The number of anilines is 1. The lowest BCUT2D eigenvalue weighted by molar-refractivity contribution is 0.0986. The average Bonchev–Trinajstić information content (AvgIpc) is 3.06. The van der Waals surface area contributed by atoms with Crippen LogP contribution in [0, 0.1) is 0 Å². The van der Waals surface area contributed by atoms with Gasteiger partial charge in [0.05, 0.1) is 6.20 Å². The van der Waals surface area contributed by atoms with Gasteiger partial charge in [-0.05, 0) is 30.8 Å². The highest BCUT2D eigenvalue weighted by Crippen LogP contribution is 2.16. The summed E-state index contributed by atoms with van der Waals surface area (Å²) in [7, 11) is 2.12. The third-order valence-electron chi connectivity index (χ3n) is 4.55. The van der Waals surface area contributed by atoms with Crippen molar-refractivity contribution in [1.82, 2.24) is 24.5 Å². The number of aromatic nitrogens is 4. The molecule has 0 amide bonds. The molecular formula is C18H20N6O. The fourth-order valence-electron chi connectivity index (χ4n) is 3.04. The molecule has 1 fully saturated rings. The van der Waals surface area contributed by atoms with Crippen molar-refractivity contribution in [2.45, 2.75) is 6.42 Å². The minimum Gasteiger partial charge on any atom is -0.353 e. The van der Waals surface area contributed by atoms with Gasteiger partial charge in [0.2, 0.25) is 0 Å². The van der Waals surface area contributed by atoms with Crippen LogP contribution in [-0.2, 0) is 6.42 Å². The monoisotopic (exact) mass is 336 g/mol. The Morgan fingerprint density at radius 2 is 1.96 bits per heavy atom. The summed E-state index contributed by atoms with van der Waals surface area (Å²) in [6.07, 6.45) is 5.31.